The number of carbonyl (C=O) groups is 2. The fourth-order valence-corrected chi connectivity index (χ4v) is 3.70. The molecule has 23 heavy (non-hydrogen) atoms. The van der Waals surface area contributed by atoms with Crippen molar-refractivity contribution in [1.82, 2.24) is 10.2 Å². The molecule has 0 aromatic heterocycles. The lowest BCUT2D eigenvalue weighted by Crippen LogP contribution is -2.52. The molecule has 5 heteroatoms. The molecule has 2 aliphatic rings. The third kappa shape index (κ3) is 5.20. The van der Waals surface area contributed by atoms with Gasteiger partial charge in [-0.2, -0.15) is 0 Å². The van der Waals surface area contributed by atoms with Crippen LogP contribution in [-0.4, -0.2) is 48.6 Å². The molecule has 0 radical (unpaired) electrons. The van der Waals surface area contributed by atoms with Crippen LogP contribution in [0, 0.1) is 11.8 Å². The van der Waals surface area contributed by atoms with Gasteiger partial charge in [-0.15, -0.1) is 0 Å². The van der Waals surface area contributed by atoms with Gasteiger partial charge in [0.15, 0.2) is 0 Å². The predicted molar refractivity (Wildman–Crippen MR) is 90.0 cm³/mol. The highest BCUT2D eigenvalue weighted by atomic mass is 16.5. The topological polar surface area (TPSA) is 58.6 Å². The van der Waals surface area contributed by atoms with E-state index in [0.29, 0.717) is 19.2 Å². The second-order valence-corrected chi connectivity index (χ2v) is 7.23. The van der Waals surface area contributed by atoms with Crippen molar-refractivity contribution in [1.29, 1.82) is 0 Å². The third-order valence-electron chi connectivity index (χ3n) is 5.36. The third-order valence-corrected chi connectivity index (χ3v) is 5.36. The fourth-order valence-electron chi connectivity index (χ4n) is 3.70. The molecule has 1 heterocycles. The number of rotatable bonds is 5. The smallest absolute Gasteiger partial charge is 0.310 e. The number of piperidine rings is 1. The summed E-state index contributed by atoms with van der Waals surface area (Å²) in [5.74, 6) is 0.683. The molecule has 0 aromatic carbocycles. The van der Waals surface area contributed by atoms with E-state index in [4.69, 9.17) is 4.74 Å². The average Bonchev–Trinajstić information content (AvgIpc) is 2.56. The van der Waals surface area contributed by atoms with Crippen LogP contribution in [0.25, 0.3) is 0 Å². The van der Waals surface area contributed by atoms with Gasteiger partial charge in [0, 0.05) is 12.6 Å². The Kier molecular flexibility index (Phi) is 6.88. The normalized spacial score (nSPS) is 30.5. The van der Waals surface area contributed by atoms with Crippen LogP contribution in [0.2, 0.25) is 0 Å². The summed E-state index contributed by atoms with van der Waals surface area (Å²) >= 11 is 0. The van der Waals surface area contributed by atoms with E-state index < -0.39 is 0 Å². The van der Waals surface area contributed by atoms with E-state index in [1.165, 1.54) is 12.8 Å². The van der Waals surface area contributed by atoms with Crippen LogP contribution in [0.3, 0.4) is 0 Å². The molecule has 5 nitrogen and oxygen atoms in total. The van der Waals surface area contributed by atoms with Crippen molar-refractivity contribution in [2.24, 2.45) is 11.8 Å². The van der Waals surface area contributed by atoms with Gasteiger partial charge in [0.2, 0.25) is 5.91 Å². The zero-order valence-corrected chi connectivity index (χ0v) is 14.8. The van der Waals surface area contributed by atoms with Crippen LogP contribution >= 0.6 is 0 Å². The Labute approximate surface area is 140 Å². The molecular formula is C18H32N2O3. The van der Waals surface area contributed by atoms with E-state index in [9.17, 15) is 9.59 Å². The summed E-state index contributed by atoms with van der Waals surface area (Å²) in [4.78, 5) is 26.6. The molecular weight excluding hydrogens is 292 g/mol. The van der Waals surface area contributed by atoms with Gasteiger partial charge in [0.25, 0.3) is 0 Å². The first kappa shape index (κ1) is 18.2. The standard InChI is InChI=1S/C18H32N2O3/c1-4-23-18(22)15-6-5-11-20(12-15)14(3)17(21)19-16-9-7-13(2)8-10-16/h13-16H,4-12H2,1-3H3,(H,19,21). The van der Waals surface area contributed by atoms with E-state index in [1.54, 1.807) is 0 Å². The van der Waals surface area contributed by atoms with Crippen LogP contribution < -0.4 is 5.32 Å². The average molecular weight is 324 g/mol. The molecule has 2 fully saturated rings. The first-order chi connectivity index (χ1) is 11.0. The predicted octanol–water partition coefficient (Wildman–Crippen LogP) is 2.34. The van der Waals surface area contributed by atoms with E-state index in [0.717, 1.165) is 38.1 Å². The van der Waals surface area contributed by atoms with Crippen molar-refractivity contribution in [3.63, 3.8) is 0 Å². The maximum atomic E-state index is 12.5. The molecule has 2 unspecified atom stereocenters. The van der Waals surface area contributed by atoms with Gasteiger partial charge >= 0.3 is 5.97 Å². The molecule has 1 N–H and O–H groups in total. The molecule has 1 saturated heterocycles. The van der Waals surface area contributed by atoms with Gasteiger partial charge in [-0.25, -0.2) is 0 Å². The Bertz CT molecular complexity index is 405. The molecule has 2 atom stereocenters. The summed E-state index contributed by atoms with van der Waals surface area (Å²) in [7, 11) is 0. The first-order valence-corrected chi connectivity index (χ1v) is 9.22. The number of hydrogen-bond acceptors (Lipinski definition) is 4. The number of hydrogen-bond donors (Lipinski definition) is 1. The Morgan fingerprint density at radius 2 is 1.91 bits per heavy atom. The molecule has 1 saturated carbocycles. The summed E-state index contributed by atoms with van der Waals surface area (Å²) in [6.45, 7) is 8.00. The lowest BCUT2D eigenvalue weighted by molar-refractivity contribution is -0.151. The Morgan fingerprint density at radius 1 is 1.22 bits per heavy atom. The highest BCUT2D eigenvalue weighted by Gasteiger charge is 2.32. The molecule has 0 bridgehead atoms. The summed E-state index contributed by atoms with van der Waals surface area (Å²) in [6, 6.07) is 0.151. The second kappa shape index (κ2) is 8.67. The van der Waals surface area contributed by atoms with Crippen LogP contribution in [0.4, 0.5) is 0 Å². The van der Waals surface area contributed by atoms with Crippen LogP contribution in [0.5, 0.6) is 0 Å². The SMILES string of the molecule is CCOC(=O)C1CCCN(C(C)C(=O)NC2CCC(C)CC2)C1. The van der Waals surface area contributed by atoms with Gasteiger partial charge in [0.05, 0.1) is 18.6 Å². The number of amides is 1. The Balaban J connectivity index is 1.82. The second-order valence-electron chi connectivity index (χ2n) is 7.23. The van der Waals surface area contributed by atoms with Crippen molar-refractivity contribution in [3.8, 4) is 0 Å². The number of nitrogens with one attached hydrogen (secondary N) is 1. The molecule has 1 amide bonds. The number of carbonyl (C=O) groups excluding carboxylic acids is 2. The minimum absolute atomic E-state index is 0.0884. The maximum Gasteiger partial charge on any atom is 0.310 e. The van der Waals surface area contributed by atoms with Crippen LogP contribution in [0.15, 0.2) is 0 Å². The lowest BCUT2D eigenvalue weighted by Gasteiger charge is -2.36. The van der Waals surface area contributed by atoms with Crippen molar-refractivity contribution in [2.45, 2.75) is 71.4 Å². The quantitative estimate of drug-likeness (QED) is 0.789. The van der Waals surface area contributed by atoms with Crippen molar-refractivity contribution < 1.29 is 14.3 Å². The van der Waals surface area contributed by atoms with E-state index >= 15 is 0 Å². The monoisotopic (exact) mass is 324 g/mol. The molecule has 2 rings (SSSR count). The van der Waals surface area contributed by atoms with E-state index in [1.807, 2.05) is 13.8 Å². The number of esters is 1. The van der Waals surface area contributed by atoms with Gasteiger partial charge in [-0.3, -0.25) is 14.5 Å². The highest BCUT2D eigenvalue weighted by molar-refractivity contribution is 5.81. The van der Waals surface area contributed by atoms with Crippen LogP contribution in [0.1, 0.15) is 59.3 Å². The van der Waals surface area contributed by atoms with E-state index in [2.05, 4.69) is 17.1 Å². The molecule has 0 aromatic rings. The van der Waals surface area contributed by atoms with Gasteiger partial charge in [0.1, 0.15) is 0 Å². The summed E-state index contributed by atoms with van der Waals surface area (Å²) in [6.07, 6.45) is 6.39. The zero-order valence-electron chi connectivity index (χ0n) is 14.8. The molecule has 132 valence electrons. The summed E-state index contributed by atoms with van der Waals surface area (Å²) < 4.78 is 5.14. The Morgan fingerprint density at radius 3 is 2.57 bits per heavy atom. The molecule has 0 spiro atoms. The highest BCUT2D eigenvalue weighted by Crippen LogP contribution is 2.24. The zero-order chi connectivity index (χ0) is 16.8. The van der Waals surface area contributed by atoms with E-state index in [-0.39, 0.29) is 23.8 Å². The van der Waals surface area contributed by atoms with Crippen molar-refractivity contribution in [3.05, 3.63) is 0 Å². The van der Waals surface area contributed by atoms with Crippen LogP contribution in [-0.2, 0) is 14.3 Å². The number of nitrogens with zero attached hydrogens (tertiary/aromatic N) is 1. The summed E-state index contributed by atoms with van der Waals surface area (Å²) in [5.41, 5.74) is 0. The van der Waals surface area contributed by atoms with Crippen molar-refractivity contribution >= 4 is 11.9 Å². The largest absolute Gasteiger partial charge is 0.466 e. The number of likely N-dealkylation sites (tertiary alicyclic amines) is 1. The summed E-state index contributed by atoms with van der Waals surface area (Å²) in [5, 5.41) is 3.21. The van der Waals surface area contributed by atoms with Gasteiger partial charge in [-0.1, -0.05) is 6.92 Å². The fraction of sp³-hybridized carbons (Fsp3) is 0.889. The van der Waals surface area contributed by atoms with Crippen molar-refractivity contribution in [2.75, 3.05) is 19.7 Å². The first-order valence-electron chi connectivity index (χ1n) is 9.22. The maximum absolute atomic E-state index is 12.5. The minimum Gasteiger partial charge on any atom is -0.466 e. The minimum atomic E-state index is -0.174. The molecule has 1 aliphatic heterocycles. The van der Waals surface area contributed by atoms with Gasteiger partial charge < -0.3 is 10.1 Å². The number of ether oxygens (including phenoxy) is 1. The Hall–Kier alpha value is -1.10. The lowest BCUT2D eigenvalue weighted by atomic mass is 9.87. The molecule has 1 aliphatic carbocycles. The van der Waals surface area contributed by atoms with Gasteiger partial charge in [-0.05, 0) is 64.8 Å².